The molecule has 0 atom stereocenters. The van der Waals surface area contributed by atoms with Gasteiger partial charge in [-0.1, -0.05) is 0 Å². The Hall–Kier alpha value is -1.40. The second-order valence-corrected chi connectivity index (χ2v) is 4.62. The van der Waals surface area contributed by atoms with Gasteiger partial charge in [0.25, 0.3) is 5.91 Å². The van der Waals surface area contributed by atoms with Gasteiger partial charge in [-0.3, -0.25) is 15.6 Å². The first-order valence-electron chi connectivity index (χ1n) is 4.60. The van der Waals surface area contributed by atoms with E-state index in [0.717, 1.165) is 9.26 Å². The van der Waals surface area contributed by atoms with Crippen LogP contribution in [0.1, 0.15) is 6.42 Å². The number of nitrogens with one attached hydrogen (secondary N) is 3. The van der Waals surface area contributed by atoms with Crippen LogP contribution in [0.15, 0.2) is 24.3 Å². The number of carbonyl (C=O) groups is 1. The summed E-state index contributed by atoms with van der Waals surface area (Å²) in [5, 5.41) is 11.4. The fourth-order valence-corrected chi connectivity index (χ4v) is 1.47. The van der Waals surface area contributed by atoms with E-state index in [1.807, 2.05) is 24.3 Å². The Kier molecular flexibility index (Phi) is 5.65. The minimum absolute atomic E-state index is 0.209. The van der Waals surface area contributed by atoms with E-state index < -0.39 is 5.91 Å². The molecule has 0 unspecified atom stereocenters. The second kappa shape index (κ2) is 7.03. The summed E-state index contributed by atoms with van der Waals surface area (Å²) < 4.78 is 1.12. The Bertz CT molecular complexity index is 454. The van der Waals surface area contributed by atoms with Gasteiger partial charge in [-0.05, 0) is 59.1 Å². The van der Waals surface area contributed by atoms with Gasteiger partial charge in [-0.25, -0.2) is 0 Å². The van der Waals surface area contributed by atoms with Crippen LogP contribution in [0, 0.1) is 14.9 Å². The number of nitriles is 1. The Morgan fingerprint density at radius 2 is 2.00 bits per heavy atom. The molecule has 0 fully saturated rings. The zero-order chi connectivity index (χ0) is 12.7. The van der Waals surface area contributed by atoms with Crippen molar-refractivity contribution in [3.8, 4) is 6.07 Å². The number of hydrazine groups is 1. The number of rotatable bonds is 2. The summed E-state index contributed by atoms with van der Waals surface area (Å²) in [5.74, 6) is -0.431. The van der Waals surface area contributed by atoms with Gasteiger partial charge in [0, 0.05) is 9.26 Å². The summed E-state index contributed by atoms with van der Waals surface area (Å²) in [6.07, 6.45) is -0.209. The van der Waals surface area contributed by atoms with Crippen LogP contribution in [0.25, 0.3) is 0 Å². The van der Waals surface area contributed by atoms with Gasteiger partial charge in [0.05, 0.1) is 6.07 Å². The summed E-state index contributed by atoms with van der Waals surface area (Å²) in [4.78, 5) is 11.0. The molecule has 0 saturated heterocycles. The van der Waals surface area contributed by atoms with Crippen LogP contribution in [0.5, 0.6) is 0 Å². The number of amides is 1. The molecule has 0 radical (unpaired) electrons. The van der Waals surface area contributed by atoms with E-state index in [0.29, 0.717) is 0 Å². The number of carbonyl (C=O) groups excluding carboxylic acids is 1. The van der Waals surface area contributed by atoms with Crippen molar-refractivity contribution in [3.63, 3.8) is 0 Å². The molecule has 0 aliphatic carbocycles. The maximum absolute atomic E-state index is 11.0. The van der Waals surface area contributed by atoms with E-state index in [-0.39, 0.29) is 11.5 Å². The highest BCUT2D eigenvalue weighted by molar-refractivity contribution is 14.1. The molecular weight excluding hydrogens is 351 g/mol. The molecule has 1 rings (SSSR count). The first-order chi connectivity index (χ1) is 8.11. The van der Waals surface area contributed by atoms with E-state index in [1.165, 1.54) is 0 Å². The Balaban J connectivity index is 2.37. The number of halogens is 1. The van der Waals surface area contributed by atoms with Crippen molar-refractivity contribution in [1.29, 1.82) is 5.26 Å². The average molecular weight is 360 g/mol. The lowest BCUT2D eigenvalue weighted by Gasteiger charge is -2.10. The predicted octanol–water partition coefficient (Wildman–Crippen LogP) is 1.52. The van der Waals surface area contributed by atoms with E-state index in [2.05, 4.69) is 38.8 Å². The first kappa shape index (κ1) is 13.7. The molecule has 0 aromatic heterocycles. The number of anilines is 1. The molecule has 0 aliphatic heterocycles. The highest BCUT2D eigenvalue weighted by Crippen LogP contribution is 2.10. The van der Waals surface area contributed by atoms with Gasteiger partial charge in [0.15, 0.2) is 5.11 Å². The number of thiocarbonyl (C=S) groups is 1. The zero-order valence-corrected chi connectivity index (χ0v) is 11.6. The number of nitrogens with zero attached hydrogens (tertiary/aromatic N) is 1. The summed E-state index contributed by atoms with van der Waals surface area (Å²) in [6.45, 7) is 0. The molecule has 0 spiro atoms. The van der Waals surface area contributed by atoms with Crippen LogP contribution in [0.3, 0.4) is 0 Å². The fourth-order valence-electron chi connectivity index (χ4n) is 0.938. The highest BCUT2D eigenvalue weighted by Gasteiger charge is 2.00. The quantitative estimate of drug-likeness (QED) is 0.424. The van der Waals surface area contributed by atoms with Gasteiger partial charge in [-0.15, -0.1) is 0 Å². The maximum Gasteiger partial charge on any atom is 0.252 e. The lowest BCUT2D eigenvalue weighted by Crippen LogP contribution is -2.43. The molecule has 0 saturated carbocycles. The first-order valence-corrected chi connectivity index (χ1v) is 6.09. The van der Waals surface area contributed by atoms with Crippen molar-refractivity contribution >= 4 is 51.5 Å². The van der Waals surface area contributed by atoms with Crippen molar-refractivity contribution in [2.24, 2.45) is 0 Å². The minimum atomic E-state index is -0.431. The van der Waals surface area contributed by atoms with Crippen LogP contribution >= 0.6 is 34.8 Å². The Labute approximate surface area is 118 Å². The third-order valence-corrected chi connectivity index (χ3v) is 2.58. The Morgan fingerprint density at radius 1 is 1.35 bits per heavy atom. The predicted molar refractivity (Wildman–Crippen MR) is 76.9 cm³/mol. The second-order valence-electron chi connectivity index (χ2n) is 2.97. The van der Waals surface area contributed by atoms with E-state index >= 15 is 0 Å². The van der Waals surface area contributed by atoms with Crippen molar-refractivity contribution < 1.29 is 4.79 Å². The summed E-state index contributed by atoms with van der Waals surface area (Å²) in [6, 6.07) is 9.33. The van der Waals surface area contributed by atoms with Crippen LogP contribution in [-0.4, -0.2) is 11.0 Å². The van der Waals surface area contributed by atoms with Crippen LogP contribution in [0.2, 0.25) is 0 Å². The molecule has 5 nitrogen and oxygen atoms in total. The van der Waals surface area contributed by atoms with E-state index in [4.69, 9.17) is 17.5 Å². The minimum Gasteiger partial charge on any atom is -0.331 e. The normalized spacial score (nSPS) is 8.94. The molecule has 17 heavy (non-hydrogen) atoms. The lowest BCUT2D eigenvalue weighted by atomic mass is 10.3. The van der Waals surface area contributed by atoms with Crippen LogP contribution in [-0.2, 0) is 4.79 Å². The number of hydrogen-bond acceptors (Lipinski definition) is 3. The maximum atomic E-state index is 11.0. The van der Waals surface area contributed by atoms with Crippen LogP contribution in [0.4, 0.5) is 5.69 Å². The monoisotopic (exact) mass is 360 g/mol. The number of hydrogen-bond donors (Lipinski definition) is 3. The molecular formula is C10H9IN4OS. The summed E-state index contributed by atoms with van der Waals surface area (Å²) in [7, 11) is 0. The third kappa shape index (κ3) is 5.46. The van der Waals surface area contributed by atoms with Gasteiger partial charge in [-0.2, -0.15) is 5.26 Å². The van der Waals surface area contributed by atoms with Crippen molar-refractivity contribution in [3.05, 3.63) is 27.8 Å². The largest absolute Gasteiger partial charge is 0.331 e. The van der Waals surface area contributed by atoms with E-state index in [9.17, 15) is 4.79 Å². The molecule has 0 heterocycles. The van der Waals surface area contributed by atoms with Gasteiger partial charge >= 0.3 is 0 Å². The topological polar surface area (TPSA) is 77.0 Å². The molecule has 7 heteroatoms. The van der Waals surface area contributed by atoms with Crippen molar-refractivity contribution in [1.82, 2.24) is 10.9 Å². The van der Waals surface area contributed by atoms with Crippen molar-refractivity contribution in [2.45, 2.75) is 6.42 Å². The Morgan fingerprint density at radius 3 is 2.59 bits per heavy atom. The standard InChI is InChI=1S/C10H9IN4OS/c11-7-1-3-8(4-2-7)13-10(17)15-14-9(16)5-6-12/h1-4H,5H2,(H,14,16)(H2,13,15,17). The van der Waals surface area contributed by atoms with Gasteiger partial charge in [0.1, 0.15) is 6.42 Å². The van der Waals surface area contributed by atoms with Crippen LogP contribution < -0.4 is 16.2 Å². The molecule has 1 amide bonds. The smallest absolute Gasteiger partial charge is 0.252 e. The fraction of sp³-hybridized carbons (Fsp3) is 0.100. The van der Waals surface area contributed by atoms with Crippen molar-refractivity contribution in [2.75, 3.05) is 5.32 Å². The lowest BCUT2D eigenvalue weighted by molar-refractivity contribution is -0.120. The molecule has 1 aromatic rings. The molecule has 1 aromatic carbocycles. The van der Waals surface area contributed by atoms with Gasteiger partial charge < -0.3 is 5.32 Å². The SMILES string of the molecule is N#CCC(=O)NNC(=S)Nc1ccc(I)cc1. The molecule has 3 N–H and O–H groups in total. The highest BCUT2D eigenvalue weighted by atomic mass is 127. The average Bonchev–Trinajstić information content (AvgIpc) is 2.30. The molecule has 0 bridgehead atoms. The number of benzene rings is 1. The van der Waals surface area contributed by atoms with E-state index in [1.54, 1.807) is 6.07 Å². The third-order valence-electron chi connectivity index (χ3n) is 1.66. The summed E-state index contributed by atoms with van der Waals surface area (Å²) >= 11 is 7.15. The summed E-state index contributed by atoms with van der Waals surface area (Å²) in [5.41, 5.74) is 5.61. The van der Waals surface area contributed by atoms with Gasteiger partial charge in [0.2, 0.25) is 0 Å². The zero-order valence-electron chi connectivity index (χ0n) is 8.66. The molecule has 0 aliphatic rings. The molecule has 88 valence electrons.